The van der Waals surface area contributed by atoms with Gasteiger partial charge in [0.25, 0.3) is 6.43 Å². The normalized spacial score (nSPS) is 10.1. The lowest BCUT2D eigenvalue weighted by molar-refractivity contribution is 0.145. The molecule has 0 saturated carbocycles. The van der Waals surface area contributed by atoms with E-state index in [0.29, 0.717) is 6.20 Å². The van der Waals surface area contributed by atoms with Gasteiger partial charge in [-0.3, -0.25) is 4.79 Å². The number of hydrogen-bond acceptors (Lipinski definition) is 2. The van der Waals surface area contributed by atoms with Crippen molar-refractivity contribution in [3.05, 3.63) is 33.5 Å². The van der Waals surface area contributed by atoms with Crippen LogP contribution in [0, 0.1) is 17.1 Å². The van der Waals surface area contributed by atoms with Crippen LogP contribution in [0.15, 0.2) is 11.0 Å². The molecule has 0 fully saturated rings. The van der Waals surface area contributed by atoms with E-state index < -0.39 is 28.9 Å². The Morgan fingerprint density at radius 1 is 1.54 bits per heavy atom. The molecule has 0 atom stereocenters. The Hall–Kier alpha value is -1.77. The number of hydrogen-bond donors (Lipinski definition) is 1. The Balaban J connectivity index is 3.51. The summed E-state index contributed by atoms with van der Waals surface area (Å²) < 4.78 is 36.6. The molecule has 1 heterocycles. The minimum absolute atomic E-state index is 0.505. The SMILES string of the molecule is N#Cc1c(C(F)F)[nH]cc(F)c1=O. The van der Waals surface area contributed by atoms with E-state index >= 15 is 0 Å². The molecule has 68 valence electrons. The van der Waals surface area contributed by atoms with Crippen LogP contribution in [0.4, 0.5) is 13.2 Å². The maximum atomic E-state index is 12.5. The van der Waals surface area contributed by atoms with Crippen molar-refractivity contribution in [1.29, 1.82) is 5.26 Å². The minimum Gasteiger partial charge on any atom is -0.357 e. The quantitative estimate of drug-likeness (QED) is 0.722. The summed E-state index contributed by atoms with van der Waals surface area (Å²) in [7, 11) is 0. The van der Waals surface area contributed by atoms with Crippen molar-refractivity contribution in [3.63, 3.8) is 0 Å². The summed E-state index contributed by atoms with van der Waals surface area (Å²) in [5, 5.41) is 8.30. The molecule has 13 heavy (non-hydrogen) atoms. The zero-order valence-corrected chi connectivity index (χ0v) is 6.14. The third-order valence-corrected chi connectivity index (χ3v) is 1.40. The molecule has 0 aliphatic rings. The predicted molar refractivity (Wildman–Crippen MR) is 36.7 cm³/mol. The summed E-state index contributed by atoms with van der Waals surface area (Å²) in [6.45, 7) is 0. The average Bonchev–Trinajstić information content (AvgIpc) is 2.09. The molecule has 0 aliphatic carbocycles. The maximum absolute atomic E-state index is 12.5. The number of aromatic amines is 1. The number of pyridine rings is 1. The molecule has 0 aliphatic heterocycles. The van der Waals surface area contributed by atoms with Crippen molar-refractivity contribution in [2.45, 2.75) is 6.43 Å². The highest BCUT2D eigenvalue weighted by Crippen LogP contribution is 2.17. The average molecular weight is 188 g/mol. The Labute approximate surface area is 70.4 Å². The van der Waals surface area contributed by atoms with E-state index in [1.54, 1.807) is 0 Å². The number of halogens is 3. The summed E-state index contributed by atoms with van der Waals surface area (Å²) >= 11 is 0. The molecular weight excluding hydrogens is 185 g/mol. The lowest BCUT2D eigenvalue weighted by Crippen LogP contribution is -2.15. The van der Waals surface area contributed by atoms with Crippen molar-refractivity contribution in [1.82, 2.24) is 4.98 Å². The van der Waals surface area contributed by atoms with Crippen LogP contribution in [0.2, 0.25) is 0 Å². The third kappa shape index (κ3) is 1.54. The zero-order chi connectivity index (χ0) is 10.0. The van der Waals surface area contributed by atoms with Gasteiger partial charge in [0.1, 0.15) is 17.3 Å². The van der Waals surface area contributed by atoms with E-state index in [1.807, 2.05) is 4.98 Å². The third-order valence-electron chi connectivity index (χ3n) is 1.40. The van der Waals surface area contributed by atoms with Crippen LogP contribution >= 0.6 is 0 Å². The molecular formula is C7H3F3N2O. The van der Waals surface area contributed by atoms with Crippen molar-refractivity contribution in [2.75, 3.05) is 0 Å². The highest BCUT2D eigenvalue weighted by molar-refractivity contribution is 5.33. The first-order valence-electron chi connectivity index (χ1n) is 3.17. The molecule has 3 nitrogen and oxygen atoms in total. The second-order valence-electron chi connectivity index (χ2n) is 2.17. The van der Waals surface area contributed by atoms with Gasteiger partial charge in [-0.2, -0.15) is 5.26 Å². The molecule has 0 unspecified atom stereocenters. The summed E-state index contributed by atoms with van der Waals surface area (Å²) in [5.74, 6) is -1.25. The van der Waals surface area contributed by atoms with Crippen molar-refractivity contribution >= 4 is 0 Å². The van der Waals surface area contributed by atoms with Crippen LogP contribution < -0.4 is 5.43 Å². The van der Waals surface area contributed by atoms with Gasteiger partial charge in [-0.05, 0) is 0 Å². The Bertz CT molecular complexity index is 419. The molecule has 0 amide bonds. The van der Waals surface area contributed by atoms with Gasteiger partial charge in [0.2, 0.25) is 5.43 Å². The highest BCUT2D eigenvalue weighted by atomic mass is 19.3. The second-order valence-corrected chi connectivity index (χ2v) is 2.17. The summed E-state index contributed by atoms with van der Waals surface area (Å²) in [6.07, 6.45) is -2.49. The van der Waals surface area contributed by atoms with E-state index in [2.05, 4.69) is 0 Å². The van der Waals surface area contributed by atoms with Crippen LogP contribution in [0.25, 0.3) is 0 Å². The van der Waals surface area contributed by atoms with E-state index in [-0.39, 0.29) is 0 Å². The Morgan fingerprint density at radius 3 is 2.62 bits per heavy atom. The van der Waals surface area contributed by atoms with Crippen molar-refractivity contribution in [2.24, 2.45) is 0 Å². The summed E-state index contributed by atoms with van der Waals surface area (Å²) in [5.41, 5.74) is -3.04. The Morgan fingerprint density at radius 2 is 2.15 bits per heavy atom. The fraction of sp³-hybridized carbons (Fsp3) is 0.143. The molecule has 6 heteroatoms. The zero-order valence-electron chi connectivity index (χ0n) is 6.14. The highest BCUT2D eigenvalue weighted by Gasteiger charge is 2.18. The number of nitrogens with zero attached hydrogens (tertiary/aromatic N) is 1. The molecule has 0 bridgehead atoms. The number of alkyl halides is 2. The van der Waals surface area contributed by atoms with E-state index in [4.69, 9.17) is 5.26 Å². The van der Waals surface area contributed by atoms with Gasteiger partial charge in [-0.15, -0.1) is 0 Å². The van der Waals surface area contributed by atoms with Gasteiger partial charge in [0.15, 0.2) is 5.82 Å². The van der Waals surface area contributed by atoms with Crippen LogP contribution in [-0.2, 0) is 0 Å². The standard InChI is InChI=1S/C7H3F3N2O/c8-4-2-12-5(7(9)10)3(1-11)6(4)13/h2,7H,(H,12,13). The van der Waals surface area contributed by atoms with Gasteiger partial charge in [0, 0.05) is 6.20 Å². The minimum atomic E-state index is -3.00. The number of nitrogens with one attached hydrogen (secondary N) is 1. The van der Waals surface area contributed by atoms with Crippen molar-refractivity contribution < 1.29 is 13.2 Å². The van der Waals surface area contributed by atoms with E-state index in [1.165, 1.54) is 6.07 Å². The second kappa shape index (κ2) is 3.31. The van der Waals surface area contributed by atoms with Crippen LogP contribution in [0.5, 0.6) is 0 Å². The lowest BCUT2D eigenvalue weighted by Gasteiger charge is -2.00. The maximum Gasteiger partial charge on any atom is 0.279 e. The smallest absolute Gasteiger partial charge is 0.279 e. The molecule has 1 aromatic rings. The largest absolute Gasteiger partial charge is 0.357 e. The Kier molecular flexibility index (Phi) is 2.37. The molecule has 1 rings (SSSR count). The van der Waals surface area contributed by atoms with Crippen LogP contribution in [-0.4, -0.2) is 4.98 Å². The first-order valence-corrected chi connectivity index (χ1v) is 3.17. The summed E-state index contributed by atoms with van der Waals surface area (Å²) in [6, 6.07) is 1.22. The number of H-pyrrole nitrogens is 1. The topological polar surface area (TPSA) is 56.6 Å². The van der Waals surface area contributed by atoms with Crippen LogP contribution in [0.1, 0.15) is 17.7 Å². The molecule has 0 spiro atoms. The number of aromatic nitrogens is 1. The molecule has 1 N–H and O–H groups in total. The summed E-state index contributed by atoms with van der Waals surface area (Å²) in [4.78, 5) is 12.6. The number of rotatable bonds is 1. The lowest BCUT2D eigenvalue weighted by atomic mass is 10.2. The van der Waals surface area contributed by atoms with Gasteiger partial charge in [0.05, 0.1) is 0 Å². The predicted octanol–water partition coefficient (Wildman–Crippen LogP) is 1.32. The fourth-order valence-corrected chi connectivity index (χ4v) is 0.804. The monoisotopic (exact) mass is 188 g/mol. The molecule has 0 saturated heterocycles. The first kappa shape index (κ1) is 9.32. The molecule has 1 aromatic heterocycles. The van der Waals surface area contributed by atoms with E-state index in [0.717, 1.165) is 0 Å². The van der Waals surface area contributed by atoms with Gasteiger partial charge < -0.3 is 4.98 Å². The van der Waals surface area contributed by atoms with Gasteiger partial charge >= 0.3 is 0 Å². The fourth-order valence-electron chi connectivity index (χ4n) is 0.804. The first-order chi connectivity index (χ1) is 6.07. The molecule has 0 radical (unpaired) electrons. The van der Waals surface area contributed by atoms with E-state index in [9.17, 15) is 18.0 Å². The van der Waals surface area contributed by atoms with Gasteiger partial charge in [-0.25, -0.2) is 13.2 Å². The van der Waals surface area contributed by atoms with Crippen LogP contribution in [0.3, 0.4) is 0 Å². The van der Waals surface area contributed by atoms with Crippen molar-refractivity contribution in [3.8, 4) is 6.07 Å². The molecule has 0 aromatic carbocycles. The van der Waals surface area contributed by atoms with Gasteiger partial charge in [-0.1, -0.05) is 0 Å². The number of nitriles is 1.